The lowest BCUT2D eigenvalue weighted by Gasteiger charge is -2.17. The van der Waals surface area contributed by atoms with E-state index in [9.17, 15) is 9.59 Å². The quantitative estimate of drug-likeness (QED) is 0.378. The predicted molar refractivity (Wildman–Crippen MR) is 108 cm³/mol. The highest BCUT2D eigenvalue weighted by atomic mass is 79.9. The molecule has 1 aliphatic heterocycles. The Balaban J connectivity index is 1.58. The summed E-state index contributed by atoms with van der Waals surface area (Å²) in [6.07, 6.45) is 6.58. The molecule has 1 saturated heterocycles. The lowest BCUT2D eigenvalue weighted by Crippen LogP contribution is -2.28. The Bertz CT molecular complexity index is 849. The van der Waals surface area contributed by atoms with Crippen LogP contribution in [0.5, 0.6) is 11.5 Å². The lowest BCUT2D eigenvalue weighted by molar-refractivity contribution is -0.140. The van der Waals surface area contributed by atoms with Crippen molar-refractivity contribution < 1.29 is 19.1 Å². The SMILES string of the molecule is CCOc1cc(C=NN2C(=O)C3C4C=CC(C4)C3C2=O)cc(Br)c1OC(C)C. The third kappa shape index (κ3) is 3.15. The summed E-state index contributed by atoms with van der Waals surface area (Å²) in [5.41, 5.74) is 0.713. The molecular formula is C21H23BrN2O4. The first kappa shape index (κ1) is 19.2. The molecule has 3 aliphatic rings. The van der Waals surface area contributed by atoms with E-state index in [1.807, 2.05) is 26.8 Å². The Morgan fingerprint density at radius 1 is 1.21 bits per heavy atom. The van der Waals surface area contributed by atoms with Gasteiger partial charge in [-0.05, 0) is 72.7 Å². The fourth-order valence-corrected chi connectivity index (χ4v) is 4.95. The van der Waals surface area contributed by atoms with Gasteiger partial charge in [0.2, 0.25) is 0 Å². The summed E-state index contributed by atoms with van der Waals surface area (Å²) in [6, 6.07) is 3.63. The second-order valence-corrected chi connectivity index (χ2v) is 8.52. The molecule has 2 amide bonds. The second kappa shape index (κ2) is 7.35. The smallest absolute Gasteiger partial charge is 0.254 e. The summed E-state index contributed by atoms with van der Waals surface area (Å²) in [7, 11) is 0. The van der Waals surface area contributed by atoms with Crippen LogP contribution < -0.4 is 9.47 Å². The van der Waals surface area contributed by atoms with Gasteiger partial charge in [-0.2, -0.15) is 10.1 Å². The van der Waals surface area contributed by atoms with Gasteiger partial charge >= 0.3 is 0 Å². The Labute approximate surface area is 172 Å². The van der Waals surface area contributed by atoms with Crippen LogP contribution in [0.1, 0.15) is 32.8 Å². The third-order valence-electron chi connectivity index (χ3n) is 5.45. The summed E-state index contributed by atoms with van der Waals surface area (Å²) < 4.78 is 12.3. The van der Waals surface area contributed by atoms with Crippen molar-refractivity contribution >= 4 is 34.0 Å². The number of amides is 2. The molecular weight excluding hydrogens is 424 g/mol. The van der Waals surface area contributed by atoms with Crippen LogP contribution in [0, 0.1) is 23.7 Å². The van der Waals surface area contributed by atoms with E-state index in [1.54, 1.807) is 6.07 Å². The molecule has 1 aromatic rings. The predicted octanol–water partition coefficient (Wildman–Crippen LogP) is 3.78. The van der Waals surface area contributed by atoms with Crippen molar-refractivity contribution in [3.8, 4) is 11.5 Å². The molecule has 7 heteroatoms. The fourth-order valence-electron chi connectivity index (χ4n) is 4.40. The number of hydrazone groups is 1. The zero-order valence-electron chi connectivity index (χ0n) is 16.1. The molecule has 2 fully saturated rings. The number of hydrogen-bond acceptors (Lipinski definition) is 5. The number of rotatable bonds is 6. The first-order valence-electron chi connectivity index (χ1n) is 9.63. The van der Waals surface area contributed by atoms with Crippen molar-refractivity contribution in [3.05, 3.63) is 34.3 Å². The van der Waals surface area contributed by atoms with Gasteiger partial charge in [-0.25, -0.2) is 0 Å². The minimum Gasteiger partial charge on any atom is -0.490 e. The molecule has 4 rings (SSSR count). The molecule has 4 unspecified atom stereocenters. The van der Waals surface area contributed by atoms with E-state index in [-0.39, 0.29) is 41.6 Å². The number of nitrogens with zero attached hydrogens (tertiary/aromatic N) is 2. The van der Waals surface area contributed by atoms with Gasteiger partial charge in [-0.1, -0.05) is 12.2 Å². The van der Waals surface area contributed by atoms with E-state index in [0.717, 1.165) is 15.9 Å². The van der Waals surface area contributed by atoms with Crippen molar-refractivity contribution in [2.75, 3.05) is 6.61 Å². The number of imide groups is 1. The molecule has 4 atom stereocenters. The topological polar surface area (TPSA) is 68.2 Å². The van der Waals surface area contributed by atoms with E-state index < -0.39 is 0 Å². The molecule has 0 aromatic heterocycles. The standard InChI is InChI=1S/C21H23BrN2O4/c1-4-27-16-8-12(7-15(22)19(16)28-11(2)3)10-23-24-20(25)17-13-5-6-14(9-13)18(17)21(24)26/h5-8,10-11,13-14,17-18H,4,9H2,1-3H3. The molecule has 2 bridgehead atoms. The fraction of sp³-hybridized carbons (Fsp3) is 0.476. The Morgan fingerprint density at radius 2 is 1.86 bits per heavy atom. The largest absolute Gasteiger partial charge is 0.490 e. The zero-order chi connectivity index (χ0) is 20.0. The van der Waals surface area contributed by atoms with Gasteiger partial charge in [-0.3, -0.25) is 9.59 Å². The average molecular weight is 447 g/mol. The summed E-state index contributed by atoms with van der Waals surface area (Å²) in [5.74, 6) is 0.707. The first-order valence-corrected chi connectivity index (χ1v) is 10.4. The Hall–Kier alpha value is -2.15. The zero-order valence-corrected chi connectivity index (χ0v) is 17.7. The highest BCUT2D eigenvalue weighted by Gasteiger charge is 2.59. The monoisotopic (exact) mass is 446 g/mol. The van der Waals surface area contributed by atoms with Gasteiger partial charge in [0.05, 0.1) is 35.2 Å². The van der Waals surface area contributed by atoms with Crippen LogP contribution in [0.15, 0.2) is 33.9 Å². The van der Waals surface area contributed by atoms with Gasteiger partial charge in [0.15, 0.2) is 11.5 Å². The van der Waals surface area contributed by atoms with Gasteiger partial charge in [0, 0.05) is 0 Å². The number of allylic oxidation sites excluding steroid dienone is 2. The molecule has 1 heterocycles. The van der Waals surface area contributed by atoms with Crippen molar-refractivity contribution in [2.45, 2.75) is 33.3 Å². The molecule has 148 valence electrons. The summed E-state index contributed by atoms with van der Waals surface area (Å²) >= 11 is 3.51. The molecule has 0 N–H and O–H groups in total. The molecule has 28 heavy (non-hydrogen) atoms. The van der Waals surface area contributed by atoms with Crippen LogP contribution in [0.3, 0.4) is 0 Å². The van der Waals surface area contributed by atoms with Crippen molar-refractivity contribution in [2.24, 2.45) is 28.8 Å². The van der Waals surface area contributed by atoms with Gasteiger partial charge < -0.3 is 9.47 Å². The third-order valence-corrected chi connectivity index (χ3v) is 6.04. The Morgan fingerprint density at radius 3 is 2.43 bits per heavy atom. The van der Waals surface area contributed by atoms with E-state index in [0.29, 0.717) is 23.7 Å². The first-order chi connectivity index (χ1) is 13.4. The van der Waals surface area contributed by atoms with Crippen molar-refractivity contribution in [1.82, 2.24) is 5.01 Å². The maximum absolute atomic E-state index is 12.7. The molecule has 0 radical (unpaired) electrons. The average Bonchev–Trinajstić information content (AvgIpc) is 3.31. The highest BCUT2D eigenvalue weighted by molar-refractivity contribution is 9.10. The summed E-state index contributed by atoms with van der Waals surface area (Å²) in [6.45, 7) is 6.28. The maximum atomic E-state index is 12.7. The van der Waals surface area contributed by atoms with Gasteiger partial charge in [0.1, 0.15) is 0 Å². The molecule has 2 aliphatic carbocycles. The van der Waals surface area contributed by atoms with Crippen molar-refractivity contribution in [1.29, 1.82) is 0 Å². The lowest BCUT2D eigenvalue weighted by atomic mass is 9.85. The van der Waals surface area contributed by atoms with E-state index in [4.69, 9.17) is 9.47 Å². The number of halogens is 1. The van der Waals surface area contributed by atoms with Crippen LogP contribution in [-0.2, 0) is 9.59 Å². The van der Waals surface area contributed by atoms with E-state index >= 15 is 0 Å². The molecule has 1 saturated carbocycles. The van der Waals surface area contributed by atoms with E-state index in [1.165, 1.54) is 6.21 Å². The maximum Gasteiger partial charge on any atom is 0.254 e. The van der Waals surface area contributed by atoms with Crippen LogP contribution in [0.4, 0.5) is 0 Å². The number of carbonyl (C=O) groups is 2. The summed E-state index contributed by atoms with van der Waals surface area (Å²) in [4.78, 5) is 25.4. The molecule has 0 spiro atoms. The normalized spacial score (nSPS) is 28.1. The summed E-state index contributed by atoms with van der Waals surface area (Å²) in [5, 5.41) is 5.28. The molecule has 1 aromatic carbocycles. The van der Waals surface area contributed by atoms with Crippen LogP contribution in [-0.4, -0.2) is 35.7 Å². The highest BCUT2D eigenvalue weighted by Crippen LogP contribution is 2.52. The van der Waals surface area contributed by atoms with Crippen LogP contribution >= 0.6 is 15.9 Å². The number of fused-ring (bicyclic) bond motifs is 5. The van der Waals surface area contributed by atoms with Crippen LogP contribution in [0.25, 0.3) is 0 Å². The minimum atomic E-state index is -0.243. The molecule has 6 nitrogen and oxygen atoms in total. The van der Waals surface area contributed by atoms with E-state index in [2.05, 4.69) is 33.2 Å². The number of benzene rings is 1. The van der Waals surface area contributed by atoms with Crippen LogP contribution in [0.2, 0.25) is 0 Å². The van der Waals surface area contributed by atoms with Gasteiger partial charge in [-0.15, -0.1) is 0 Å². The van der Waals surface area contributed by atoms with Gasteiger partial charge in [0.25, 0.3) is 11.8 Å². The second-order valence-electron chi connectivity index (χ2n) is 7.66. The number of hydrogen-bond donors (Lipinski definition) is 0. The minimum absolute atomic E-state index is 0.00162. The Kier molecular flexibility index (Phi) is 5.04. The van der Waals surface area contributed by atoms with Crippen molar-refractivity contribution in [3.63, 3.8) is 0 Å². The number of carbonyl (C=O) groups excluding carboxylic acids is 2. The number of ether oxygens (including phenoxy) is 2.